The first-order valence-corrected chi connectivity index (χ1v) is 14.6. The lowest BCUT2D eigenvalue weighted by atomic mass is 10.1. The summed E-state index contributed by atoms with van der Waals surface area (Å²) in [4.78, 5) is 28.6. The van der Waals surface area contributed by atoms with Gasteiger partial charge in [0, 0.05) is 17.1 Å². The lowest BCUT2D eigenvalue weighted by molar-refractivity contribution is -0.139. The van der Waals surface area contributed by atoms with Gasteiger partial charge in [-0.15, -0.1) is 0 Å². The van der Waals surface area contributed by atoms with Gasteiger partial charge in [0.25, 0.3) is 10.0 Å². The molecule has 0 bridgehead atoms. The van der Waals surface area contributed by atoms with Gasteiger partial charge in [-0.05, 0) is 76.4 Å². The van der Waals surface area contributed by atoms with E-state index < -0.39 is 34.1 Å². The third kappa shape index (κ3) is 7.83. The Bertz CT molecular complexity index is 1390. The number of nitrogens with zero attached hydrogens (tertiary/aromatic N) is 2. The number of amides is 2. The van der Waals surface area contributed by atoms with Gasteiger partial charge in [0.05, 0.1) is 10.6 Å². The predicted molar refractivity (Wildman–Crippen MR) is 156 cm³/mol. The minimum Gasteiger partial charge on any atom is -0.350 e. The molecule has 2 amide bonds. The molecule has 0 fully saturated rings. The Morgan fingerprint density at radius 3 is 2.10 bits per heavy atom. The standard InChI is InChI=1S/C30H36ClN3O4S/c1-22-26(31)17-12-18-27(22)34(39(37,38)25-15-10-7-11-16-25)21-28(35)33(20-19-24-13-8-6-9-14-24)23(2)29(36)32-30(3,4)5/h6-18,23H,19-21H2,1-5H3,(H,32,36). The van der Waals surface area contributed by atoms with Crippen molar-refractivity contribution in [3.63, 3.8) is 0 Å². The summed E-state index contributed by atoms with van der Waals surface area (Å²) in [5.74, 6) is -0.818. The first-order chi connectivity index (χ1) is 18.3. The van der Waals surface area contributed by atoms with E-state index in [1.54, 1.807) is 50.2 Å². The van der Waals surface area contributed by atoms with E-state index in [-0.39, 0.29) is 17.3 Å². The van der Waals surface area contributed by atoms with E-state index in [0.717, 1.165) is 9.87 Å². The van der Waals surface area contributed by atoms with E-state index in [2.05, 4.69) is 5.32 Å². The van der Waals surface area contributed by atoms with Crippen molar-refractivity contribution in [1.82, 2.24) is 10.2 Å². The van der Waals surface area contributed by atoms with E-state index in [9.17, 15) is 18.0 Å². The van der Waals surface area contributed by atoms with Crippen LogP contribution in [0.25, 0.3) is 0 Å². The normalized spacial score (nSPS) is 12.5. The van der Waals surface area contributed by atoms with Crippen molar-refractivity contribution >= 4 is 39.1 Å². The highest BCUT2D eigenvalue weighted by Gasteiger charge is 2.33. The number of carbonyl (C=O) groups excluding carboxylic acids is 2. The fraction of sp³-hybridized carbons (Fsp3) is 0.333. The van der Waals surface area contributed by atoms with Crippen molar-refractivity contribution in [2.24, 2.45) is 0 Å². The van der Waals surface area contributed by atoms with Crippen LogP contribution in [0.5, 0.6) is 0 Å². The van der Waals surface area contributed by atoms with Crippen molar-refractivity contribution in [2.75, 3.05) is 17.4 Å². The summed E-state index contributed by atoms with van der Waals surface area (Å²) in [7, 11) is -4.14. The second kappa shape index (κ2) is 12.7. The van der Waals surface area contributed by atoms with Gasteiger partial charge >= 0.3 is 0 Å². The maximum absolute atomic E-state index is 13.9. The van der Waals surface area contributed by atoms with Gasteiger partial charge in [0.15, 0.2) is 0 Å². The van der Waals surface area contributed by atoms with Crippen LogP contribution in [0, 0.1) is 6.92 Å². The van der Waals surface area contributed by atoms with Crippen molar-refractivity contribution in [2.45, 2.75) is 57.5 Å². The molecule has 3 rings (SSSR count). The van der Waals surface area contributed by atoms with Crippen molar-refractivity contribution in [3.8, 4) is 0 Å². The monoisotopic (exact) mass is 569 g/mol. The molecule has 1 unspecified atom stereocenters. The number of sulfonamides is 1. The molecule has 9 heteroatoms. The highest BCUT2D eigenvalue weighted by molar-refractivity contribution is 7.92. The molecule has 0 aliphatic heterocycles. The maximum atomic E-state index is 13.9. The molecule has 1 atom stereocenters. The molecule has 208 valence electrons. The molecule has 7 nitrogen and oxygen atoms in total. The summed E-state index contributed by atoms with van der Waals surface area (Å²) in [6.45, 7) is 8.69. The zero-order valence-electron chi connectivity index (χ0n) is 23.0. The lowest BCUT2D eigenvalue weighted by Gasteiger charge is -2.34. The first-order valence-electron chi connectivity index (χ1n) is 12.8. The van der Waals surface area contributed by atoms with E-state index >= 15 is 0 Å². The Balaban J connectivity index is 2.01. The van der Waals surface area contributed by atoms with Gasteiger partial charge in [0.1, 0.15) is 12.6 Å². The van der Waals surface area contributed by atoms with Crippen LogP contribution < -0.4 is 9.62 Å². The lowest BCUT2D eigenvalue weighted by Crippen LogP contribution is -2.55. The SMILES string of the molecule is Cc1c(Cl)cccc1N(CC(=O)N(CCc1ccccc1)C(C)C(=O)NC(C)(C)C)S(=O)(=O)c1ccccc1. The number of anilines is 1. The minimum absolute atomic E-state index is 0.0477. The number of carbonyl (C=O) groups is 2. The van der Waals surface area contributed by atoms with Gasteiger partial charge in [0.2, 0.25) is 11.8 Å². The number of hydrogen-bond acceptors (Lipinski definition) is 4. The number of halogens is 1. The highest BCUT2D eigenvalue weighted by atomic mass is 35.5. The average molecular weight is 570 g/mol. The topological polar surface area (TPSA) is 86.8 Å². The van der Waals surface area contributed by atoms with Crippen LogP contribution in [-0.4, -0.2) is 49.8 Å². The fourth-order valence-electron chi connectivity index (χ4n) is 4.14. The van der Waals surface area contributed by atoms with Crippen LogP contribution in [0.4, 0.5) is 5.69 Å². The molecule has 0 aliphatic carbocycles. The first kappa shape index (κ1) is 30.2. The minimum atomic E-state index is -4.14. The molecule has 39 heavy (non-hydrogen) atoms. The molecule has 0 saturated heterocycles. The summed E-state index contributed by atoms with van der Waals surface area (Å²) < 4.78 is 28.8. The van der Waals surface area contributed by atoms with Crippen LogP contribution in [0.1, 0.15) is 38.8 Å². The Kier molecular flexibility index (Phi) is 9.80. The zero-order chi connectivity index (χ0) is 28.8. The number of benzene rings is 3. The molecular formula is C30H36ClN3O4S. The van der Waals surface area contributed by atoms with Gasteiger partial charge in [-0.2, -0.15) is 0 Å². The van der Waals surface area contributed by atoms with E-state index in [4.69, 9.17) is 11.6 Å². The van der Waals surface area contributed by atoms with Crippen molar-refractivity contribution in [1.29, 1.82) is 0 Å². The van der Waals surface area contributed by atoms with E-state index in [1.807, 2.05) is 51.1 Å². The molecule has 3 aromatic carbocycles. The van der Waals surface area contributed by atoms with Crippen molar-refractivity contribution in [3.05, 3.63) is 95.0 Å². The Labute approximate surface area is 236 Å². The van der Waals surface area contributed by atoms with Crippen LogP contribution in [0.2, 0.25) is 5.02 Å². The second-order valence-electron chi connectivity index (χ2n) is 10.4. The molecular weight excluding hydrogens is 534 g/mol. The third-order valence-corrected chi connectivity index (χ3v) is 8.45. The smallest absolute Gasteiger partial charge is 0.264 e. The Hall–Kier alpha value is -3.36. The van der Waals surface area contributed by atoms with Gasteiger partial charge in [-0.25, -0.2) is 8.42 Å². The molecule has 0 saturated carbocycles. The largest absolute Gasteiger partial charge is 0.350 e. The summed E-state index contributed by atoms with van der Waals surface area (Å²) in [5.41, 5.74) is 1.33. The molecule has 0 aliphatic rings. The molecule has 0 radical (unpaired) electrons. The van der Waals surface area contributed by atoms with Gasteiger partial charge in [-0.3, -0.25) is 13.9 Å². The van der Waals surface area contributed by atoms with Crippen LogP contribution >= 0.6 is 11.6 Å². The summed E-state index contributed by atoms with van der Waals surface area (Å²) in [6, 6.07) is 21.7. The Morgan fingerprint density at radius 1 is 0.923 bits per heavy atom. The molecule has 0 aromatic heterocycles. The molecule has 3 aromatic rings. The van der Waals surface area contributed by atoms with Gasteiger partial charge in [-0.1, -0.05) is 66.2 Å². The number of rotatable bonds is 10. The fourth-order valence-corrected chi connectivity index (χ4v) is 5.81. The van der Waals surface area contributed by atoms with Crippen LogP contribution in [-0.2, 0) is 26.0 Å². The molecule has 1 N–H and O–H groups in total. The predicted octanol–water partition coefficient (Wildman–Crippen LogP) is 5.22. The molecule has 0 heterocycles. The van der Waals surface area contributed by atoms with Crippen molar-refractivity contribution < 1.29 is 18.0 Å². The zero-order valence-corrected chi connectivity index (χ0v) is 24.6. The van der Waals surface area contributed by atoms with Crippen LogP contribution in [0.3, 0.4) is 0 Å². The third-order valence-electron chi connectivity index (χ3n) is 6.27. The van der Waals surface area contributed by atoms with E-state index in [1.165, 1.54) is 17.0 Å². The summed E-state index contributed by atoms with van der Waals surface area (Å²) >= 11 is 6.35. The quantitative estimate of drug-likeness (QED) is 0.363. The number of nitrogens with one attached hydrogen (secondary N) is 1. The second-order valence-corrected chi connectivity index (χ2v) is 12.7. The summed E-state index contributed by atoms with van der Waals surface area (Å²) in [6.07, 6.45) is 0.501. The number of hydrogen-bond donors (Lipinski definition) is 1. The highest BCUT2D eigenvalue weighted by Crippen LogP contribution is 2.31. The molecule has 0 spiro atoms. The van der Waals surface area contributed by atoms with Gasteiger partial charge < -0.3 is 10.2 Å². The summed E-state index contributed by atoms with van der Waals surface area (Å²) in [5, 5.41) is 3.31. The maximum Gasteiger partial charge on any atom is 0.264 e. The Morgan fingerprint density at radius 2 is 1.51 bits per heavy atom. The average Bonchev–Trinajstić information content (AvgIpc) is 2.89. The van der Waals surface area contributed by atoms with E-state index in [0.29, 0.717) is 22.7 Å². The van der Waals surface area contributed by atoms with Crippen LogP contribution in [0.15, 0.2) is 83.8 Å².